The number of amides is 2. The van der Waals surface area contributed by atoms with E-state index in [1.54, 1.807) is 61.2 Å². The van der Waals surface area contributed by atoms with Crippen LogP contribution in [-0.4, -0.2) is 60.8 Å². The van der Waals surface area contributed by atoms with Crippen molar-refractivity contribution in [3.63, 3.8) is 0 Å². The molecule has 1 aliphatic heterocycles. The molecule has 2 atom stereocenters. The SMILES string of the molecule is C[C@H](C(=O)N[C@H](CO)c1cccc(Cl)c1)N1CC(C)(C)c2oc(-c3nc(Nc4ccnn4C)ncc3Cl)cc2C1=O. The Bertz CT molecular complexity index is 1620. The van der Waals surface area contributed by atoms with E-state index in [1.807, 2.05) is 13.8 Å². The molecule has 214 valence electrons. The average molecular weight is 598 g/mol. The quantitative estimate of drug-likeness (QED) is 0.270. The van der Waals surface area contributed by atoms with Gasteiger partial charge < -0.3 is 25.1 Å². The number of hydrogen-bond donors (Lipinski definition) is 3. The van der Waals surface area contributed by atoms with Gasteiger partial charge >= 0.3 is 0 Å². The molecule has 2 amide bonds. The smallest absolute Gasteiger partial charge is 0.258 e. The van der Waals surface area contributed by atoms with E-state index in [2.05, 4.69) is 25.7 Å². The monoisotopic (exact) mass is 597 g/mol. The number of nitrogens with zero attached hydrogens (tertiary/aromatic N) is 5. The Kier molecular flexibility index (Phi) is 7.78. The zero-order valence-electron chi connectivity index (χ0n) is 22.9. The number of rotatable bonds is 8. The number of fused-ring (bicyclic) bond motifs is 1. The molecular weight excluding hydrogens is 569 g/mol. The van der Waals surface area contributed by atoms with Crippen LogP contribution in [0.3, 0.4) is 0 Å². The summed E-state index contributed by atoms with van der Waals surface area (Å²) >= 11 is 12.5. The molecule has 0 aliphatic carbocycles. The predicted octanol–water partition coefficient (Wildman–Crippen LogP) is 4.49. The lowest BCUT2D eigenvalue weighted by Crippen LogP contribution is -2.55. The highest BCUT2D eigenvalue weighted by Crippen LogP contribution is 2.40. The summed E-state index contributed by atoms with van der Waals surface area (Å²) in [5.74, 6) is 0.957. The molecule has 3 aromatic heterocycles. The van der Waals surface area contributed by atoms with Crippen LogP contribution in [0, 0.1) is 0 Å². The summed E-state index contributed by atoms with van der Waals surface area (Å²) in [5, 5.41) is 20.7. The summed E-state index contributed by atoms with van der Waals surface area (Å²) in [5.41, 5.74) is 0.662. The first-order valence-corrected chi connectivity index (χ1v) is 13.6. The summed E-state index contributed by atoms with van der Waals surface area (Å²) in [7, 11) is 1.78. The molecular formula is C28H29Cl2N7O4. The normalized spacial score (nSPS) is 15.8. The van der Waals surface area contributed by atoms with E-state index < -0.39 is 23.4 Å². The van der Waals surface area contributed by atoms with Crippen molar-refractivity contribution >= 4 is 46.8 Å². The van der Waals surface area contributed by atoms with Crippen LogP contribution in [0.15, 0.2) is 53.2 Å². The van der Waals surface area contributed by atoms with E-state index in [0.717, 1.165) is 0 Å². The third kappa shape index (κ3) is 5.65. The number of benzene rings is 1. The molecule has 0 unspecified atom stereocenters. The zero-order chi connectivity index (χ0) is 29.5. The van der Waals surface area contributed by atoms with Gasteiger partial charge in [0, 0.05) is 30.1 Å². The second-order valence-corrected chi connectivity index (χ2v) is 11.3. The highest BCUT2D eigenvalue weighted by atomic mass is 35.5. The van der Waals surface area contributed by atoms with Crippen molar-refractivity contribution in [3.05, 3.63) is 75.7 Å². The van der Waals surface area contributed by atoms with Crippen molar-refractivity contribution in [1.29, 1.82) is 0 Å². The molecule has 41 heavy (non-hydrogen) atoms. The Labute approximate surface area is 246 Å². The molecule has 5 rings (SSSR count). The zero-order valence-corrected chi connectivity index (χ0v) is 24.4. The highest BCUT2D eigenvalue weighted by molar-refractivity contribution is 6.32. The lowest BCUT2D eigenvalue weighted by Gasteiger charge is -2.39. The van der Waals surface area contributed by atoms with E-state index in [1.165, 1.54) is 11.1 Å². The maximum Gasteiger partial charge on any atom is 0.258 e. The summed E-state index contributed by atoms with van der Waals surface area (Å²) < 4.78 is 7.83. The van der Waals surface area contributed by atoms with E-state index in [-0.39, 0.29) is 30.0 Å². The molecule has 0 saturated heterocycles. The fourth-order valence-electron chi connectivity index (χ4n) is 4.81. The van der Waals surface area contributed by atoms with E-state index in [9.17, 15) is 14.7 Å². The van der Waals surface area contributed by atoms with Crippen LogP contribution in [-0.2, 0) is 17.3 Å². The minimum atomic E-state index is -0.834. The first-order chi connectivity index (χ1) is 19.5. The van der Waals surface area contributed by atoms with Gasteiger partial charge in [-0.1, -0.05) is 49.2 Å². The van der Waals surface area contributed by atoms with Gasteiger partial charge in [-0.3, -0.25) is 14.3 Å². The minimum absolute atomic E-state index is 0.228. The fourth-order valence-corrected chi connectivity index (χ4v) is 5.19. The van der Waals surface area contributed by atoms with Gasteiger partial charge in [-0.2, -0.15) is 5.10 Å². The number of anilines is 2. The molecule has 0 bridgehead atoms. The maximum absolute atomic E-state index is 13.7. The molecule has 0 fully saturated rings. The van der Waals surface area contributed by atoms with Crippen molar-refractivity contribution in [3.8, 4) is 11.5 Å². The first-order valence-electron chi connectivity index (χ1n) is 12.9. The highest BCUT2D eigenvalue weighted by Gasteiger charge is 2.44. The Morgan fingerprint density at radius 2 is 2.02 bits per heavy atom. The topological polar surface area (TPSA) is 138 Å². The number of halogens is 2. The Balaban J connectivity index is 1.40. The molecule has 4 heterocycles. The third-order valence-electron chi connectivity index (χ3n) is 7.04. The second kappa shape index (κ2) is 11.2. The second-order valence-electron chi connectivity index (χ2n) is 10.5. The Morgan fingerprint density at radius 3 is 2.71 bits per heavy atom. The van der Waals surface area contributed by atoms with Gasteiger partial charge in [0.2, 0.25) is 11.9 Å². The molecule has 11 nitrogen and oxygen atoms in total. The number of nitrogens with one attached hydrogen (secondary N) is 2. The van der Waals surface area contributed by atoms with Gasteiger partial charge in [-0.05, 0) is 30.7 Å². The van der Waals surface area contributed by atoms with Gasteiger partial charge in [0.25, 0.3) is 5.91 Å². The fraction of sp³-hybridized carbons (Fsp3) is 0.321. The van der Waals surface area contributed by atoms with Gasteiger partial charge in [-0.25, -0.2) is 9.97 Å². The lowest BCUT2D eigenvalue weighted by atomic mass is 9.83. The first kappa shape index (κ1) is 28.6. The van der Waals surface area contributed by atoms with Gasteiger partial charge in [-0.15, -0.1) is 0 Å². The van der Waals surface area contributed by atoms with Crippen molar-refractivity contribution in [2.75, 3.05) is 18.5 Å². The largest absolute Gasteiger partial charge is 0.458 e. The summed E-state index contributed by atoms with van der Waals surface area (Å²) in [6.07, 6.45) is 3.09. The van der Waals surface area contributed by atoms with E-state index >= 15 is 0 Å². The Hall–Kier alpha value is -3.93. The predicted molar refractivity (Wildman–Crippen MR) is 154 cm³/mol. The summed E-state index contributed by atoms with van der Waals surface area (Å²) in [4.78, 5) is 37.2. The van der Waals surface area contributed by atoms with Crippen molar-refractivity contribution < 1.29 is 19.1 Å². The third-order valence-corrected chi connectivity index (χ3v) is 7.55. The number of furan rings is 1. The van der Waals surface area contributed by atoms with Crippen LogP contribution in [0.1, 0.15) is 48.5 Å². The van der Waals surface area contributed by atoms with Crippen molar-refractivity contribution in [1.82, 2.24) is 30.0 Å². The van der Waals surface area contributed by atoms with Gasteiger partial charge in [0.15, 0.2) is 5.76 Å². The lowest BCUT2D eigenvalue weighted by molar-refractivity contribution is -0.126. The number of aliphatic hydroxyl groups is 1. The number of hydrogen-bond acceptors (Lipinski definition) is 8. The molecule has 13 heteroatoms. The number of aromatic nitrogens is 4. The number of carbonyl (C=O) groups excluding carboxylic acids is 2. The molecule has 4 aromatic rings. The minimum Gasteiger partial charge on any atom is -0.458 e. The van der Waals surface area contributed by atoms with Crippen LogP contribution < -0.4 is 10.6 Å². The number of carbonyl (C=O) groups is 2. The van der Waals surface area contributed by atoms with Crippen molar-refractivity contribution in [2.24, 2.45) is 7.05 Å². The summed E-state index contributed by atoms with van der Waals surface area (Å²) in [6.45, 7) is 5.42. The van der Waals surface area contributed by atoms with E-state index in [4.69, 9.17) is 27.6 Å². The van der Waals surface area contributed by atoms with Crippen LogP contribution in [0.4, 0.5) is 11.8 Å². The van der Waals surface area contributed by atoms with Crippen LogP contribution in [0.25, 0.3) is 11.5 Å². The average Bonchev–Trinajstić information content (AvgIpc) is 3.57. The van der Waals surface area contributed by atoms with Crippen LogP contribution in [0.2, 0.25) is 10.0 Å². The van der Waals surface area contributed by atoms with Gasteiger partial charge in [0.05, 0.1) is 35.6 Å². The Morgan fingerprint density at radius 1 is 1.24 bits per heavy atom. The molecule has 1 aromatic carbocycles. The molecule has 3 N–H and O–H groups in total. The number of aliphatic hydroxyl groups excluding tert-OH is 1. The van der Waals surface area contributed by atoms with Crippen LogP contribution in [0.5, 0.6) is 0 Å². The molecule has 0 radical (unpaired) electrons. The number of aryl methyl sites for hydroxylation is 1. The van der Waals surface area contributed by atoms with E-state index in [0.29, 0.717) is 39.2 Å². The summed E-state index contributed by atoms with van der Waals surface area (Å²) in [6, 6.07) is 8.75. The molecule has 0 spiro atoms. The van der Waals surface area contributed by atoms with Crippen molar-refractivity contribution in [2.45, 2.75) is 38.3 Å². The standard InChI is InChI=1S/C28H29Cl2N7O4/c1-15(25(39)33-20(13-38)16-6-5-7-17(29)10-16)37-14-28(2,3)24-18(26(37)40)11-21(41-24)23-19(30)12-31-27(35-23)34-22-8-9-32-36(22)4/h5-12,15,20,38H,13-14H2,1-4H3,(H,33,39)(H,31,34,35)/t15-,20-/m1/s1. The van der Waals surface area contributed by atoms with Gasteiger partial charge in [0.1, 0.15) is 23.3 Å². The van der Waals surface area contributed by atoms with Crippen LogP contribution >= 0.6 is 23.2 Å². The molecule has 1 aliphatic rings. The molecule has 0 saturated carbocycles. The maximum atomic E-state index is 13.7.